The normalized spacial score (nSPS) is 28.2. The largest absolute Gasteiger partial charge is 0.313 e. The van der Waals surface area contributed by atoms with Crippen LogP contribution in [0.2, 0.25) is 0 Å². The van der Waals surface area contributed by atoms with Crippen molar-refractivity contribution in [1.29, 1.82) is 0 Å². The molecule has 68 valence electrons. The second-order valence-electron chi connectivity index (χ2n) is 3.75. The van der Waals surface area contributed by atoms with Crippen LogP contribution < -0.4 is 5.32 Å². The summed E-state index contributed by atoms with van der Waals surface area (Å²) in [5.41, 5.74) is 0. The minimum absolute atomic E-state index is 0.777. The van der Waals surface area contributed by atoms with E-state index in [9.17, 15) is 0 Å². The highest BCUT2D eigenvalue weighted by molar-refractivity contribution is 4.95. The Morgan fingerprint density at radius 1 is 1.42 bits per heavy atom. The fourth-order valence-electron chi connectivity index (χ4n) is 1.86. The smallest absolute Gasteiger partial charge is 0.0214 e. The van der Waals surface area contributed by atoms with Gasteiger partial charge in [0, 0.05) is 19.0 Å². The Morgan fingerprint density at radius 3 is 2.83 bits per heavy atom. The molecule has 0 aromatic rings. The van der Waals surface area contributed by atoms with Gasteiger partial charge in [0.1, 0.15) is 0 Å². The summed E-state index contributed by atoms with van der Waals surface area (Å²) < 4.78 is 0. The molecule has 2 atom stereocenters. The zero-order valence-electron chi connectivity index (χ0n) is 8.19. The topological polar surface area (TPSA) is 12.0 Å². The Hall–Kier alpha value is -0.480. The molecule has 0 radical (unpaired) electrons. The summed E-state index contributed by atoms with van der Waals surface area (Å²) in [6, 6.07) is 0.777. The van der Waals surface area contributed by atoms with E-state index in [-0.39, 0.29) is 0 Å². The summed E-state index contributed by atoms with van der Waals surface area (Å²) in [6.45, 7) is 5.31. The predicted octanol–water partition coefficient (Wildman–Crippen LogP) is 2.18. The van der Waals surface area contributed by atoms with Crippen molar-refractivity contribution in [3.63, 3.8) is 0 Å². The Balaban J connectivity index is 2.03. The van der Waals surface area contributed by atoms with Gasteiger partial charge in [-0.25, -0.2) is 0 Å². The molecular formula is C11H19N. The van der Waals surface area contributed by atoms with Crippen molar-refractivity contribution in [1.82, 2.24) is 5.32 Å². The molecule has 1 fully saturated rings. The van der Waals surface area contributed by atoms with Gasteiger partial charge in [0.05, 0.1) is 0 Å². The van der Waals surface area contributed by atoms with Crippen molar-refractivity contribution in [2.45, 2.75) is 45.6 Å². The number of hydrogen-bond acceptors (Lipinski definition) is 1. The second-order valence-corrected chi connectivity index (χ2v) is 3.75. The first kappa shape index (κ1) is 9.61. The third-order valence-electron chi connectivity index (χ3n) is 2.55. The minimum atomic E-state index is 0.777. The highest BCUT2D eigenvalue weighted by Crippen LogP contribution is 2.24. The van der Waals surface area contributed by atoms with Crippen LogP contribution in [0.4, 0.5) is 0 Å². The van der Waals surface area contributed by atoms with Gasteiger partial charge < -0.3 is 5.32 Å². The molecule has 0 amide bonds. The molecule has 0 aromatic carbocycles. The van der Waals surface area contributed by atoms with Gasteiger partial charge in [0.25, 0.3) is 0 Å². The molecule has 1 heteroatoms. The van der Waals surface area contributed by atoms with Gasteiger partial charge in [-0.05, 0) is 32.1 Å². The van der Waals surface area contributed by atoms with Gasteiger partial charge >= 0.3 is 0 Å². The molecule has 1 aliphatic carbocycles. The Bertz CT molecular complexity index is 175. The Morgan fingerprint density at radius 2 is 2.25 bits per heavy atom. The van der Waals surface area contributed by atoms with Gasteiger partial charge in [0.15, 0.2) is 0 Å². The Kier molecular flexibility index (Phi) is 4.18. The zero-order chi connectivity index (χ0) is 8.81. The fraction of sp³-hybridized carbons (Fsp3) is 0.818. The minimum Gasteiger partial charge on any atom is -0.313 e. The fourth-order valence-corrected chi connectivity index (χ4v) is 1.86. The number of hydrogen-bond donors (Lipinski definition) is 1. The van der Waals surface area contributed by atoms with Crippen LogP contribution >= 0.6 is 0 Å². The van der Waals surface area contributed by atoms with Gasteiger partial charge in [-0.1, -0.05) is 6.92 Å². The molecule has 1 saturated carbocycles. The molecule has 2 unspecified atom stereocenters. The third-order valence-corrected chi connectivity index (χ3v) is 2.55. The number of nitrogens with one attached hydrogen (secondary N) is 1. The first-order valence-corrected chi connectivity index (χ1v) is 4.96. The van der Waals surface area contributed by atoms with E-state index in [1.54, 1.807) is 0 Å². The van der Waals surface area contributed by atoms with Crippen LogP contribution in [-0.2, 0) is 0 Å². The molecule has 1 rings (SSSR count). The van der Waals surface area contributed by atoms with E-state index in [2.05, 4.69) is 24.1 Å². The number of rotatable bonds is 3. The highest BCUT2D eigenvalue weighted by Gasteiger charge is 2.19. The molecule has 0 aromatic heterocycles. The van der Waals surface area contributed by atoms with Gasteiger partial charge in [-0.3, -0.25) is 0 Å². The maximum absolute atomic E-state index is 3.54. The molecular weight excluding hydrogens is 146 g/mol. The van der Waals surface area contributed by atoms with E-state index in [1.807, 2.05) is 6.92 Å². The molecule has 12 heavy (non-hydrogen) atoms. The standard InChI is InChI=1S/C11H19N/c1-3-4-5-8-12-11-7-6-10(2)9-11/h10-12H,5-9H2,1-2H3. The third kappa shape index (κ3) is 3.28. The van der Waals surface area contributed by atoms with Gasteiger partial charge in [0.2, 0.25) is 0 Å². The van der Waals surface area contributed by atoms with Crippen molar-refractivity contribution in [2.24, 2.45) is 5.92 Å². The highest BCUT2D eigenvalue weighted by atomic mass is 14.9. The lowest BCUT2D eigenvalue weighted by atomic mass is 10.1. The molecule has 0 bridgehead atoms. The van der Waals surface area contributed by atoms with Crippen LogP contribution in [-0.4, -0.2) is 12.6 Å². The van der Waals surface area contributed by atoms with Crippen LogP contribution in [0.25, 0.3) is 0 Å². The van der Waals surface area contributed by atoms with Crippen molar-refractivity contribution >= 4 is 0 Å². The average Bonchev–Trinajstić information content (AvgIpc) is 2.45. The van der Waals surface area contributed by atoms with Crippen LogP contribution in [0.1, 0.15) is 39.5 Å². The van der Waals surface area contributed by atoms with Crippen LogP contribution in [0.15, 0.2) is 0 Å². The summed E-state index contributed by atoms with van der Waals surface area (Å²) in [5, 5.41) is 3.54. The molecule has 0 saturated heterocycles. The molecule has 1 N–H and O–H groups in total. The lowest BCUT2D eigenvalue weighted by Crippen LogP contribution is -2.27. The van der Waals surface area contributed by atoms with E-state index in [4.69, 9.17) is 0 Å². The monoisotopic (exact) mass is 165 g/mol. The molecule has 1 nitrogen and oxygen atoms in total. The average molecular weight is 165 g/mol. The summed E-state index contributed by atoms with van der Waals surface area (Å²) >= 11 is 0. The van der Waals surface area contributed by atoms with E-state index >= 15 is 0 Å². The second kappa shape index (κ2) is 5.22. The van der Waals surface area contributed by atoms with E-state index in [0.29, 0.717) is 0 Å². The van der Waals surface area contributed by atoms with Crippen LogP contribution in [0.5, 0.6) is 0 Å². The Labute approximate surface area is 75.9 Å². The first-order valence-electron chi connectivity index (χ1n) is 4.96. The summed E-state index contributed by atoms with van der Waals surface area (Å²) in [7, 11) is 0. The maximum atomic E-state index is 3.54. The quantitative estimate of drug-likeness (QED) is 0.499. The van der Waals surface area contributed by atoms with Crippen molar-refractivity contribution in [2.75, 3.05) is 6.54 Å². The summed E-state index contributed by atoms with van der Waals surface area (Å²) in [6.07, 6.45) is 5.12. The van der Waals surface area contributed by atoms with Crippen LogP contribution in [0, 0.1) is 17.8 Å². The molecule has 0 heterocycles. The van der Waals surface area contributed by atoms with Crippen molar-refractivity contribution in [3.8, 4) is 11.8 Å². The summed E-state index contributed by atoms with van der Waals surface area (Å²) in [4.78, 5) is 0. The van der Waals surface area contributed by atoms with E-state index < -0.39 is 0 Å². The SMILES string of the molecule is CC#CCCNC1CCC(C)C1. The molecule has 0 spiro atoms. The molecule has 0 aliphatic heterocycles. The van der Waals surface area contributed by atoms with E-state index in [1.165, 1.54) is 19.3 Å². The van der Waals surface area contributed by atoms with Crippen molar-refractivity contribution < 1.29 is 0 Å². The van der Waals surface area contributed by atoms with Crippen molar-refractivity contribution in [3.05, 3.63) is 0 Å². The maximum Gasteiger partial charge on any atom is 0.0214 e. The van der Waals surface area contributed by atoms with E-state index in [0.717, 1.165) is 24.9 Å². The molecule has 1 aliphatic rings. The zero-order valence-corrected chi connectivity index (χ0v) is 8.19. The first-order chi connectivity index (χ1) is 5.83. The van der Waals surface area contributed by atoms with Gasteiger partial charge in [-0.2, -0.15) is 0 Å². The van der Waals surface area contributed by atoms with Crippen LogP contribution in [0.3, 0.4) is 0 Å². The lowest BCUT2D eigenvalue weighted by molar-refractivity contribution is 0.509. The van der Waals surface area contributed by atoms with Gasteiger partial charge in [-0.15, -0.1) is 11.8 Å². The predicted molar refractivity (Wildman–Crippen MR) is 52.9 cm³/mol. The summed E-state index contributed by atoms with van der Waals surface area (Å²) in [5.74, 6) is 6.91. The lowest BCUT2D eigenvalue weighted by Gasteiger charge is -2.09.